The normalized spacial score (nSPS) is 12.4. The number of hydrazone groups is 1. The highest BCUT2D eigenvalue weighted by Crippen LogP contribution is 2.12. The Kier molecular flexibility index (Phi) is 8.37. The highest BCUT2D eigenvalue weighted by molar-refractivity contribution is 5.88. The molecular formula is C22H27N3O5. The molecule has 0 saturated carbocycles. The number of phenolic OH excluding ortho intramolecular Hbond substituents is 1. The number of carbonyl (C=O) groups is 2. The number of para-hydroxylation sites is 1. The highest BCUT2D eigenvalue weighted by atomic mass is 16.6. The van der Waals surface area contributed by atoms with Crippen LogP contribution in [0.15, 0.2) is 59.7 Å². The third-order valence-electron chi connectivity index (χ3n) is 3.72. The summed E-state index contributed by atoms with van der Waals surface area (Å²) in [6.45, 7) is 5.38. The van der Waals surface area contributed by atoms with Crippen LogP contribution in [0.3, 0.4) is 0 Å². The fraction of sp³-hybridized carbons (Fsp3) is 0.318. The SMILES string of the molecule is CC(C)(C)OC(=O)NC(COCc1ccccc1)C(=O)NN=Cc1ccccc1O. The van der Waals surface area contributed by atoms with Crippen molar-refractivity contribution in [2.24, 2.45) is 5.10 Å². The van der Waals surface area contributed by atoms with Crippen molar-refractivity contribution in [3.63, 3.8) is 0 Å². The Morgan fingerprint density at radius 2 is 1.77 bits per heavy atom. The zero-order valence-corrected chi connectivity index (χ0v) is 17.3. The molecule has 2 amide bonds. The molecule has 2 aromatic rings. The smallest absolute Gasteiger partial charge is 0.408 e. The van der Waals surface area contributed by atoms with Gasteiger partial charge in [-0.15, -0.1) is 0 Å². The molecule has 0 aliphatic carbocycles. The predicted molar refractivity (Wildman–Crippen MR) is 113 cm³/mol. The molecule has 0 bridgehead atoms. The van der Waals surface area contributed by atoms with Gasteiger partial charge in [0.1, 0.15) is 17.4 Å². The second-order valence-corrected chi connectivity index (χ2v) is 7.49. The van der Waals surface area contributed by atoms with Crippen LogP contribution in [-0.2, 0) is 20.9 Å². The quantitative estimate of drug-likeness (QED) is 0.455. The van der Waals surface area contributed by atoms with Gasteiger partial charge in [-0.25, -0.2) is 10.2 Å². The average molecular weight is 413 g/mol. The second kappa shape index (κ2) is 11.0. The number of hydrogen-bond acceptors (Lipinski definition) is 6. The van der Waals surface area contributed by atoms with E-state index < -0.39 is 23.6 Å². The van der Waals surface area contributed by atoms with E-state index in [9.17, 15) is 14.7 Å². The molecule has 30 heavy (non-hydrogen) atoms. The van der Waals surface area contributed by atoms with Gasteiger partial charge in [-0.2, -0.15) is 5.10 Å². The van der Waals surface area contributed by atoms with Gasteiger partial charge in [0.2, 0.25) is 0 Å². The number of nitrogens with zero attached hydrogens (tertiary/aromatic N) is 1. The van der Waals surface area contributed by atoms with Crippen LogP contribution in [0.1, 0.15) is 31.9 Å². The Balaban J connectivity index is 1.98. The lowest BCUT2D eigenvalue weighted by Gasteiger charge is -2.22. The van der Waals surface area contributed by atoms with E-state index in [1.165, 1.54) is 12.3 Å². The van der Waals surface area contributed by atoms with Crippen molar-refractivity contribution in [2.45, 2.75) is 39.0 Å². The molecule has 8 nitrogen and oxygen atoms in total. The Morgan fingerprint density at radius 1 is 1.10 bits per heavy atom. The Bertz CT molecular complexity index is 863. The van der Waals surface area contributed by atoms with E-state index in [1.807, 2.05) is 30.3 Å². The van der Waals surface area contributed by atoms with Gasteiger partial charge in [0.15, 0.2) is 0 Å². The lowest BCUT2D eigenvalue weighted by Crippen LogP contribution is -2.49. The monoisotopic (exact) mass is 413 g/mol. The molecule has 0 heterocycles. The molecule has 2 aromatic carbocycles. The molecule has 160 valence electrons. The summed E-state index contributed by atoms with van der Waals surface area (Å²) < 4.78 is 10.8. The molecular weight excluding hydrogens is 386 g/mol. The molecule has 1 unspecified atom stereocenters. The van der Waals surface area contributed by atoms with E-state index in [0.717, 1.165) is 5.56 Å². The van der Waals surface area contributed by atoms with Crippen LogP contribution in [0.2, 0.25) is 0 Å². The maximum atomic E-state index is 12.5. The Labute approximate surface area is 175 Å². The summed E-state index contributed by atoms with van der Waals surface area (Å²) >= 11 is 0. The van der Waals surface area contributed by atoms with Crippen LogP contribution in [0.25, 0.3) is 0 Å². The predicted octanol–water partition coefficient (Wildman–Crippen LogP) is 2.95. The number of hydrogen-bond donors (Lipinski definition) is 3. The first-order chi connectivity index (χ1) is 14.2. The summed E-state index contributed by atoms with van der Waals surface area (Å²) in [5.41, 5.74) is 3.01. The third-order valence-corrected chi connectivity index (χ3v) is 3.72. The maximum absolute atomic E-state index is 12.5. The van der Waals surface area contributed by atoms with Crippen molar-refractivity contribution in [3.05, 3.63) is 65.7 Å². The summed E-state index contributed by atoms with van der Waals surface area (Å²) in [5, 5.41) is 16.1. The number of carbonyl (C=O) groups excluding carboxylic acids is 2. The Hall–Kier alpha value is -3.39. The minimum atomic E-state index is -1.02. The zero-order chi connectivity index (χ0) is 22.0. The molecule has 1 atom stereocenters. The molecule has 3 N–H and O–H groups in total. The van der Waals surface area contributed by atoms with E-state index in [-0.39, 0.29) is 19.0 Å². The van der Waals surface area contributed by atoms with Crippen LogP contribution < -0.4 is 10.7 Å². The van der Waals surface area contributed by atoms with Gasteiger partial charge in [0.05, 0.1) is 19.4 Å². The fourth-order valence-electron chi connectivity index (χ4n) is 2.34. The molecule has 8 heteroatoms. The van der Waals surface area contributed by atoms with Gasteiger partial charge < -0.3 is 19.9 Å². The molecule has 0 radical (unpaired) electrons. The molecule has 2 rings (SSSR count). The minimum Gasteiger partial charge on any atom is -0.507 e. The van der Waals surface area contributed by atoms with Crippen LogP contribution >= 0.6 is 0 Å². The number of ether oxygens (including phenoxy) is 2. The van der Waals surface area contributed by atoms with Crippen molar-refractivity contribution in [2.75, 3.05) is 6.61 Å². The first kappa shape index (κ1) is 22.9. The molecule has 0 aliphatic heterocycles. The molecule has 0 aromatic heterocycles. The molecule has 0 saturated heterocycles. The molecule has 0 fully saturated rings. The first-order valence-electron chi connectivity index (χ1n) is 9.47. The largest absolute Gasteiger partial charge is 0.507 e. The van der Waals surface area contributed by atoms with E-state index in [1.54, 1.807) is 39.0 Å². The van der Waals surface area contributed by atoms with Gasteiger partial charge in [-0.05, 0) is 38.5 Å². The summed E-state index contributed by atoms with van der Waals surface area (Å²) in [6.07, 6.45) is 0.568. The van der Waals surface area contributed by atoms with Crippen LogP contribution in [0.5, 0.6) is 5.75 Å². The molecule has 0 aliphatic rings. The van der Waals surface area contributed by atoms with Gasteiger partial charge in [-0.1, -0.05) is 42.5 Å². The highest BCUT2D eigenvalue weighted by Gasteiger charge is 2.24. The second-order valence-electron chi connectivity index (χ2n) is 7.49. The third kappa shape index (κ3) is 8.32. The lowest BCUT2D eigenvalue weighted by atomic mass is 10.2. The van der Waals surface area contributed by atoms with Crippen LogP contribution in [0, 0.1) is 0 Å². The average Bonchev–Trinajstić information content (AvgIpc) is 2.68. The van der Waals surface area contributed by atoms with Crippen molar-refractivity contribution in [3.8, 4) is 5.75 Å². The number of benzene rings is 2. The van der Waals surface area contributed by atoms with Crippen molar-refractivity contribution in [1.82, 2.24) is 10.7 Å². The number of phenols is 1. The van der Waals surface area contributed by atoms with Crippen molar-refractivity contribution in [1.29, 1.82) is 0 Å². The summed E-state index contributed by atoms with van der Waals surface area (Å²) in [5.74, 6) is -0.550. The summed E-state index contributed by atoms with van der Waals surface area (Å²) in [4.78, 5) is 24.6. The number of amides is 2. The van der Waals surface area contributed by atoms with E-state index in [0.29, 0.717) is 5.56 Å². The zero-order valence-electron chi connectivity index (χ0n) is 17.3. The van der Waals surface area contributed by atoms with Crippen molar-refractivity contribution < 1.29 is 24.2 Å². The van der Waals surface area contributed by atoms with Crippen LogP contribution in [-0.4, -0.2) is 41.6 Å². The van der Waals surface area contributed by atoms with Crippen molar-refractivity contribution >= 4 is 18.2 Å². The fourth-order valence-corrected chi connectivity index (χ4v) is 2.34. The maximum Gasteiger partial charge on any atom is 0.408 e. The van der Waals surface area contributed by atoms with E-state index >= 15 is 0 Å². The standard InChI is InChI=1S/C22H27N3O5/c1-22(2,3)30-21(28)24-18(15-29-14-16-9-5-4-6-10-16)20(27)25-23-13-17-11-7-8-12-19(17)26/h4-13,18,26H,14-15H2,1-3H3,(H,24,28)(H,25,27). The minimum absolute atomic E-state index is 0.0325. The van der Waals surface area contributed by atoms with E-state index in [4.69, 9.17) is 9.47 Å². The lowest BCUT2D eigenvalue weighted by molar-refractivity contribution is -0.124. The summed E-state index contributed by atoms with van der Waals surface area (Å²) in [6, 6.07) is 15.0. The number of alkyl carbamates (subject to hydrolysis) is 1. The van der Waals surface area contributed by atoms with Gasteiger partial charge in [0, 0.05) is 5.56 Å². The Morgan fingerprint density at radius 3 is 2.43 bits per heavy atom. The first-order valence-corrected chi connectivity index (χ1v) is 9.47. The van der Waals surface area contributed by atoms with Gasteiger partial charge in [0.25, 0.3) is 5.91 Å². The number of nitrogens with one attached hydrogen (secondary N) is 2. The molecule has 0 spiro atoms. The number of aromatic hydroxyl groups is 1. The van der Waals surface area contributed by atoms with Gasteiger partial charge in [-0.3, -0.25) is 4.79 Å². The van der Waals surface area contributed by atoms with E-state index in [2.05, 4.69) is 15.8 Å². The number of rotatable bonds is 8. The van der Waals surface area contributed by atoms with Crippen LogP contribution in [0.4, 0.5) is 4.79 Å². The topological polar surface area (TPSA) is 109 Å². The van der Waals surface area contributed by atoms with Gasteiger partial charge >= 0.3 is 6.09 Å². The summed E-state index contributed by atoms with van der Waals surface area (Å²) in [7, 11) is 0.